The van der Waals surface area contributed by atoms with Crippen molar-refractivity contribution in [2.45, 2.75) is 65.4 Å². The van der Waals surface area contributed by atoms with Crippen LogP contribution in [0, 0.1) is 0 Å². The van der Waals surface area contributed by atoms with E-state index in [1.165, 1.54) is 12.8 Å². The second kappa shape index (κ2) is 21.8. The molecular formula is C19H42O6. The van der Waals surface area contributed by atoms with E-state index in [2.05, 4.69) is 32.4 Å². The Morgan fingerprint density at radius 1 is 0.680 bits per heavy atom. The Morgan fingerprint density at radius 2 is 1.24 bits per heavy atom. The van der Waals surface area contributed by atoms with Gasteiger partial charge in [-0.2, -0.15) is 0 Å². The lowest BCUT2D eigenvalue weighted by Gasteiger charge is -2.29. The van der Waals surface area contributed by atoms with Crippen LogP contribution in [0.3, 0.4) is 0 Å². The predicted molar refractivity (Wildman–Crippen MR) is 101 cm³/mol. The molecule has 1 unspecified atom stereocenters. The molecule has 0 amide bonds. The summed E-state index contributed by atoms with van der Waals surface area (Å²) < 4.78 is 21.7. The summed E-state index contributed by atoms with van der Waals surface area (Å²) in [6.07, 6.45) is 5.58. The van der Waals surface area contributed by atoms with Crippen molar-refractivity contribution in [3.05, 3.63) is 0 Å². The Balaban J connectivity index is 0. The van der Waals surface area contributed by atoms with Crippen LogP contribution in [0.2, 0.25) is 0 Å². The zero-order valence-corrected chi connectivity index (χ0v) is 16.9. The summed E-state index contributed by atoms with van der Waals surface area (Å²) in [5.74, 6) is 0. The highest BCUT2D eigenvalue weighted by atomic mass is 16.6. The van der Waals surface area contributed by atoms with Crippen molar-refractivity contribution < 1.29 is 29.2 Å². The smallest absolute Gasteiger partial charge is 0.0886 e. The SMILES string of the molecule is CCCCC(C)(COCCOCCC)OCCC.OCCOCCO. The molecule has 6 nitrogen and oxygen atoms in total. The van der Waals surface area contributed by atoms with Crippen LogP contribution < -0.4 is 0 Å². The fraction of sp³-hybridized carbons (Fsp3) is 1.00. The molecule has 0 aliphatic carbocycles. The van der Waals surface area contributed by atoms with E-state index >= 15 is 0 Å². The lowest BCUT2D eigenvalue weighted by atomic mass is 10.00. The highest BCUT2D eigenvalue weighted by Crippen LogP contribution is 2.19. The number of unbranched alkanes of at least 4 members (excludes halogenated alkanes) is 1. The molecule has 0 fully saturated rings. The van der Waals surface area contributed by atoms with Crippen molar-refractivity contribution >= 4 is 0 Å². The normalized spacial score (nSPS) is 13.2. The van der Waals surface area contributed by atoms with Crippen LogP contribution >= 0.6 is 0 Å². The molecule has 0 aromatic heterocycles. The number of aliphatic hydroxyl groups is 2. The molecule has 0 aromatic carbocycles. The van der Waals surface area contributed by atoms with E-state index in [1.807, 2.05) is 0 Å². The van der Waals surface area contributed by atoms with E-state index in [4.69, 9.17) is 24.4 Å². The van der Waals surface area contributed by atoms with Gasteiger partial charge in [0, 0.05) is 13.2 Å². The number of rotatable bonds is 17. The van der Waals surface area contributed by atoms with E-state index in [1.54, 1.807) is 0 Å². The molecule has 0 saturated carbocycles. The minimum atomic E-state index is -0.128. The van der Waals surface area contributed by atoms with Crippen LogP contribution in [-0.2, 0) is 18.9 Å². The Morgan fingerprint density at radius 3 is 1.76 bits per heavy atom. The Kier molecular flexibility index (Phi) is 23.5. The minimum absolute atomic E-state index is 0.0278. The summed E-state index contributed by atoms with van der Waals surface area (Å²) in [5, 5.41) is 16.2. The van der Waals surface area contributed by atoms with Crippen LogP contribution in [-0.4, -0.2) is 75.3 Å². The highest BCUT2D eigenvalue weighted by Gasteiger charge is 2.24. The van der Waals surface area contributed by atoms with Crippen molar-refractivity contribution in [2.75, 3.05) is 59.5 Å². The van der Waals surface area contributed by atoms with Gasteiger partial charge in [-0.25, -0.2) is 0 Å². The molecule has 2 N–H and O–H groups in total. The van der Waals surface area contributed by atoms with Crippen molar-refractivity contribution in [1.29, 1.82) is 0 Å². The Bertz CT molecular complexity index is 226. The fourth-order valence-electron chi connectivity index (χ4n) is 1.97. The first kappa shape index (κ1) is 27.0. The summed E-state index contributed by atoms with van der Waals surface area (Å²) in [6.45, 7) is 13.0. The third-order valence-corrected chi connectivity index (χ3v) is 3.31. The number of hydrogen-bond donors (Lipinski definition) is 2. The van der Waals surface area contributed by atoms with Gasteiger partial charge in [0.1, 0.15) is 0 Å². The average Bonchev–Trinajstić information content (AvgIpc) is 2.62. The first-order valence-electron chi connectivity index (χ1n) is 9.69. The topological polar surface area (TPSA) is 77.4 Å². The molecule has 6 heteroatoms. The molecule has 154 valence electrons. The first-order valence-corrected chi connectivity index (χ1v) is 9.69. The Hall–Kier alpha value is -0.240. The molecule has 0 rings (SSSR count). The lowest BCUT2D eigenvalue weighted by Crippen LogP contribution is -2.35. The molecule has 0 radical (unpaired) electrons. The number of hydrogen-bond acceptors (Lipinski definition) is 6. The van der Waals surface area contributed by atoms with Crippen LogP contribution in [0.25, 0.3) is 0 Å². The molecule has 0 bridgehead atoms. The molecule has 0 aliphatic heterocycles. The van der Waals surface area contributed by atoms with Crippen LogP contribution in [0.15, 0.2) is 0 Å². The summed E-state index contributed by atoms with van der Waals surface area (Å²) >= 11 is 0. The van der Waals surface area contributed by atoms with Crippen molar-refractivity contribution in [3.8, 4) is 0 Å². The summed E-state index contributed by atoms with van der Waals surface area (Å²) in [4.78, 5) is 0. The Labute approximate surface area is 154 Å². The monoisotopic (exact) mass is 366 g/mol. The van der Waals surface area contributed by atoms with Crippen LogP contribution in [0.5, 0.6) is 0 Å². The molecule has 25 heavy (non-hydrogen) atoms. The van der Waals surface area contributed by atoms with E-state index in [0.29, 0.717) is 33.0 Å². The maximum Gasteiger partial charge on any atom is 0.0886 e. The van der Waals surface area contributed by atoms with E-state index in [9.17, 15) is 0 Å². The van der Waals surface area contributed by atoms with Gasteiger partial charge < -0.3 is 29.2 Å². The molecule has 0 heterocycles. The van der Waals surface area contributed by atoms with Crippen LogP contribution in [0.4, 0.5) is 0 Å². The third-order valence-electron chi connectivity index (χ3n) is 3.31. The van der Waals surface area contributed by atoms with E-state index in [0.717, 1.165) is 32.5 Å². The maximum atomic E-state index is 8.09. The molecule has 0 spiro atoms. The number of ether oxygens (including phenoxy) is 4. The largest absolute Gasteiger partial charge is 0.394 e. The van der Waals surface area contributed by atoms with Gasteiger partial charge in [-0.1, -0.05) is 33.6 Å². The van der Waals surface area contributed by atoms with Gasteiger partial charge in [0.2, 0.25) is 0 Å². The lowest BCUT2D eigenvalue weighted by molar-refractivity contribution is -0.0978. The quantitative estimate of drug-likeness (QED) is 0.386. The van der Waals surface area contributed by atoms with Crippen molar-refractivity contribution in [1.82, 2.24) is 0 Å². The van der Waals surface area contributed by atoms with Gasteiger partial charge in [-0.3, -0.25) is 0 Å². The highest BCUT2D eigenvalue weighted by molar-refractivity contribution is 4.74. The number of aliphatic hydroxyl groups excluding tert-OH is 2. The van der Waals surface area contributed by atoms with Gasteiger partial charge in [-0.15, -0.1) is 0 Å². The average molecular weight is 367 g/mol. The van der Waals surface area contributed by atoms with Crippen LogP contribution in [0.1, 0.15) is 59.8 Å². The molecule has 0 aliphatic rings. The van der Waals surface area contributed by atoms with Crippen molar-refractivity contribution in [2.24, 2.45) is 0 Å². The van der Waals surface area contributed by atoms with Gasteiger partial charge in [0.15, 0.2) is 0 Å². The standard InChI is InChI=1S/C15H32O3.C4H10O3/c1-5-8-9-15(4,18-11-7-3)14-17-13-12-16-10-6-2;5-1-3-7-4-2-6/h5-14H2,1-4H3;5-6H,1-4H2. The van der Waals surface area contributed by atoms with E-state index < -0.39 is 0 Å². The summed E-state index contributed by atoms with van der Waals surface area (Å²) in [7, 11) is 0. The van der Waals surface area contributed by atoms with Gasteiger partial charge in [0.05, 0.1) is 51.8 Å². The molecule has 0 saturated heterocycles. The third kappa shape index (κ3) is 21.7. The first-order chi connectivity index (χ1) is 12.1. The van der Waals surface area contributed by atoms with E-state index in [-0.39, 0.29) is 18.8 Å². The summed E-state index contributed by atoms with van der Waals surface area (Å²) in [6, 6.07) is 0. The zero-order valence-electron chi connectivity index (χ0n) is 16.9. The second-order valence-corrected chi connectivity index (χ2v) is 6.13. The predicted octanol–water partition coefficient (Wildman–Crippen LogP) is 2.79. The zero-order chi connectivity index (χ0) is 19.2. The molecule has 1 atom stereocenters. The van der Waals surface area contributed by atoms with Crippen molar-refractivity contribution in [3.63, 3.8) is 0 Å². The maximum absolute atomic E-state index is 8.09. The second-order valence-electron chi connectivity index (χ2n) is 6.13. The summed E-state index contributed by atoms with van der Waals surface area (Å²) in [5.41, 5.74) is -0.128. The van der Waals surface area contributed by atoms with Gasteiger partial charge in [-0.05, 0) is 26.2 Å². The molecular weight excluding hydrogens is 324 g/mol. The molecule has 0 aromatic rings. The minimum Gasteiger partial charge on any atom is -0.394 e. The fourth-order valence-corrected chi connectivity index (χ4v) is 1.97. The van der Waals surface area contributed by atoms with Gasteiger partial charge >= 0.3 is 0 Å². The van der Waals surface area contributed by atoms with Gasteiger partial charge in [0.25, 0.3) is 0 Å².